The van der Waals surface area contributed by atoms with Crippen LogP contribution in [0.15, 0.2) is 18.2 Å². The fraction of sp³-hybridized carbons (Fsp3) is 0.300. The summed E-state index contributed by atoms with van der Waals surface area (Å²) in [6, 6.07) is 4.23. The van der Waals surface area contributed by atoms with Crippen LogP contribution in [0.1, 0.15) is 6.42 Å². The smallest absolute Gasteiger partial charge is 0.241 e. The van der Waals surface area contributed by atoms with Crippen molar-refractivity contribution in [3.8, 4) is 11.5 Å². The van der Waals surface area contributed by atoms with Crippen LogP contribution in [-0.2, 0) is 4.79 Å². The second-order valence-electron chi connectivity index (χ2n) is 3.39. The van der Waals surface area contributed by atoms with E-state index in [1.165, 1.54) is 6.07 Å². The van der Waals surface area contributed by atoms with Gasteiger partial charge in [-0.1, -0.05) is 6.07 Å². The first-order valence-electron chi connectivity index (χ1n) is 4.69. The Labute approximate surface area is 86.8 Å². The minimum atomic E-state index is -0.569. The highest BCUT2D eigenvalue weighted by Gasteiger charge is 2.20. The Morgan fingerprint density at radius 2 is 2.33 bits per heavy atom. The number of aromatic hydroxyl groups is 1. The number of amides is 1. The van der Waals surface area contributed by atoms with Gasteiger partial charge in [0.2, 0.25) is 5.91 Å². The van der Waals surface area contributed by atoms with E-state index in [4.69, 9.17) is 10.5 Å². The van der Waals surface area contributed by atoms with Gasteiger partial charge in [0.15, 0.2) is 11.5 Å². The van der Waals surface area contributed by atoms with E-state index in [0.717, 1.165) is 0 Å². The molecular formula is C10H12N2O3. The van der Waals surface area contributed by atoms with Gasteiger partial charge in [-0.05, 0) is 12.1 Å². The molecule has 1 aliphatic heterocycles. The van der Waals surface area contributed by atoms with Gasteiger partial charge in [0, 0.05) is 6.42 Å². The number of ether oxygens (including phenoxy) is 1. The number of carbonyl (C=O) groups is 1. The van der Waals surface area contributed by atoms with Crippen LogP contribution >= 0.6 is 0 Å². The molecule has 0 aliphatic carbocycles. The highest BCUT2D eigenvalue weighted by atomic mass is 16.5. The summed E-state index contributed by atoms with van der Waals surface area (Å²) < 4.78 is 5.33. The Hall–Kier alpha value is -1.75. The Kier molecular flexibility index (Phi) is 2.47. The van der Waals surface area contributed by atoms with E-state index < -0.39 is 6.04 Å². The number of phenolic OH excluding ortho intramolecular Hbond substituents is 1. The van der Waals surface area contributed by atoms with Gasteiger partial charge in [-0.15, -0.1) is 0 Å². The standard InChI is InChI=1S/C10H12N2O3/c11-6-4-5-15-9-7(12-10(6)14)2-1-3-8(9)13/h1-3,6,13H,4-5,11H2,(H,12,14). The Morgan fingerprint density at radius 3 is 3.13 bits per heavy atom. The molecule has 0 spiro atoms. The molecule has 80 valence electrons. The number of benzene rings is 1. The number of nitrogens with two attached hydrogens (primary N) is 1. The Morgan fingerprint density at radius 1 is 1.53 bits per heavy atom. The lowest BCUT2D eigenvalue weighted by atomic mass is 10.2. The molecule has 0 bridgehead atoms. The monoisotopic (exact) mass is 208 g/mol. The van der Waals surface area contributed by atoms with Crippen LogP contribution in [0, 0.1) is 0 Å². The average Bonchev–Trinajstić information content (AvgIpc) is 2.19. The Bertz CT molecular complexity index is 392. The molecule has 15 heavy (non-hydrogen) atoms. The van der Waals surface area contributed by atoms with E-state index in [1.807, 2.05) is 0 Å². The fourth-order valence-electron chi connectivity index (χ4n) is 1.42. The molecule has 5 nitrogen and oxygen atoms in total. The number of hydrogen-bond acceptors (Lipinski definition) is 4. The summed E-state index contributed by atoms with van der Waals surface area (Å²) in [7, 11) is 0. The van der Waals surface area contributed by atoms with Gasteiger partial charge in [0.05, 0.1) is 18.3 Å². The van der Waals surface area contributed by atoms with E-state index in [-0.39, 0.29) is 11.7 Å². The lowest BCUT2D eigenvalue weighted by molar-refractivity contribution is -0.117. The fourth-order valence-corrected chi connectivity index (χ4v) is 1.42. The maximum absolute atomic E-state index is 11.5. The van der Waals surface area contributed by atoms with Crippen molar-refractivity contribution in [2.75, 3.05) is 11.9 Å². The minimum Gasteiger partial charge on any atom is -0.504 e. The molecule has 1 unspecified atom stereocenters. The molecule has 1 aliphatic rings. The quantitative estimate of drug-likeness (QED) is 0.577. The number of para-hydroxylation sites is 1. The van der Waals surface area contributed by atoms with Crippen molar-refractivity contribution in [2.24, 2.45) is 5.73 Å². The molecular weight excluding hydrogens is 196 g/mol. The van der Waals surface area contributed by atoms with Crippen LogP contribution in [-0.4, -0.2) is 23.7 Å². The molecule has 1 amide bonds. The third kappa shape index (κ3) is 1.87. The zero-order valence-corrected chi connectivity index (χ0v) is 8.06. The van der Waals surface area contributed by atoms with Gasteiger partial charge in [0.1, 0.15) is 0 Å². The van der Waals surface area contributed by atoms with Gasteiger partial charge in [-0.25, -0.2) is 0 Å². The number of fused-ring (bicyclic) bond motifs is 1. The van der Waals surface area contributed by atoms with E-state index in [2.05, 4.69) is 5.32 Å². The number of hydrogen-bond donors (Lipinski definition) is 3. The van der Waals surface area contributed by atoms with Crippen molar-refractivity contribution in [3.05, 3.63) is 18.2 Å². The average molecular weight is 208 g/mol. The summed E-state index contributed by atoms with van der Waals surface area (Å²) in [5, 5.41) is 12.1. The number of carbonyl (C=O) groups excluding carboxylic acids is 1. The highest BCUT2D eigenvalue weighted by Crippen LogP contribution is 2.35. The highest BCUT2D eigenvalue weighted by molar-refractivity contribution is 5.96. The summed E-state index contributed by atoms with van der Waals surface area (Å²) >= 11 is 0. The number of anilines is 1. The van der Waals surface area contributed by atoms with Crippen molar-refractivity contribution in [1.82, 2.24) is 0 Å². The van der Waals surface area contributed by atoms with E-state index in [1.54, 1.807) is 12.1 Å². The normalized spacial score (nSPS) is 20.6. The van der Waals surface area contributed by atoms with Crippen LogP contribution < -0.4 is 15.8 Å². The number of phenols is 1. The van der Waals surface area contributed by atoms with Crippen LogP contribution in [0.25, 0.3) is 0 Å². The zero-order chi connectivity index (χ0) is 10.8. The van der Waals surface area contributed by atoms with Gasteiger partial charge in [-0.2, -0.15) is 0 Å². The molecule has 0 saturated carbocycles. The maximum Gasteiger partial charge on any atom is 0.241 e. The third-order valence-electron chi connectivity index (χ3n) is 2.26. The minimum absolute atomic E-state index is 0.0169. The summed E-state index contributed by atoms with van der Waals surface area (Å²) in [6.45, 7) is 0.319. The van der Waals surface area contributed by atoms with Crippen LogP contribution in [0.2, 0.25) is 0 Å². The molecule has 1 aromatic carbocycles. The van der Waals surface area contributed by atoms with E-state index in [9.17, 15) is 9.90 Å². The van der Waals surface area contributed by atoms with Gasteiger partial charge >= 0.3 is 0 Å². The second kappa shape index (κ2) is 3.78. The third-order valence-corrected chi connectivity index (χ3v) is 2.26. The van der Waals surface area contributed by atoms with Crippen molar-refractivity contribution < 1.29 is 14.6 Å². The summed E-state index contributed by atoms with van der Waals surface area (Å²) in [4.78, 5) is 11.5. The molecule has 2 rings (SSSR count). The molecule has 1 heterocycles. The molecule has 4 N–H and O–H groups in total. The summed E-state index contributed by atoms with van der Waals surface area (Å²) in [5.41, 5.74) is 6.04. The van der Waals surface area contributed by atoms with Gasteiger partial charge in [-0.3, -0.25) is 4.79 Å². The lowest BCUT2D eigenvalue weighted by Gasteiger charge is -2.20. The molecule has 0 saturated heterocycles. The van der Waals surface area contributed by atoms with E-state index in [0.29, 0.717) is 24.5 Å². The van der Waals surface area contributed by atoms with Gasteiger partial charge in [0.25, 0.3) is 0 Å². The maximum atomic E-state index is 11.5. The van der Waals surface area contributed by atoms with Crippen molar-refractivity contribution >= 4 is 11.6 Å². The van der Waals surface area contributed by atoms with Crippen LogP contribution in [0.4, 0.5) is 5.69 Å². The van der Waals surface area contributed by atoms with Crippen LogP contribution in [0.5, 0.6) is 11.5 Å². The predicted molar refractivity (Wildman–Crippen MR) is 54.8 cm³/mol. The number of rotatable bonds is 0. The number of nitrogens with one attached hydrogen (secondary N) is 1. The Balaban J connectivity index is 2.37. The lowest BCUT2D eigenvalue weighted by Crippen LogP contribution is -2.38. The predicted octanol–water partition coefficient (Wildman–Crippen LogP) is 0.440. The van der Waals surface area contributed by atoms with E-state index >= 15 is 0 Å². The summed E-state index contributed by atoms with van der Waals surface area (Å²) in [6.07, 6.45) is 0.430. The first-order valence-corrected chi connectivity index (χ1v) is 4.69. The van der Waals surface area contributed by atoms with Gasteiger partial charge < -0.3 is 20.9 Å². The topological polar surface area (TPSA) is 84.6 Å². The second-order valence-corrected chi connectivity index (χ2v) is 3.39. The van der Waals surface area contributed by atoms with Crippen LogP contribution in [0.3, 0.4) is 0 Å². The summed E-state index contributed by atoms with van der Waals surface area (Å²) in [5.74, 6) is 0.0613. The van der Waals surface area contributed by atoms with Crippen molar-refractivity contribution in [2.45, 2.75) is 12.5 Å². The molecule has 0 fully saturated rings. The molecule has 0 radical (unpaired) electrons. The molecule has 0 aromatic heterocycles. The van der Waals surface area contributed by atoms with Crippen molar-refractivity contribution in [3.63, 3.8) is 0 Å². The molecule has 5 heteroatoms. The largest absolute Gasteiger partial charge is 0.504 e. The first-order chi connectivity index (χ1) is 7.18. The SMILES string of the molecule is NC1CCOc2c(O)cccc2NC1=O. The van der Waals surface area contributed by atoms with Crippen molar-refractivity contribution in [1.29, 1.82) is 0 Å². The molecule has 1 atom stereocenters. The first kappa shape index (κ1) is 9.79. The zero-order valence-electron chi connectivity index (χ0n) is 8.06. The molecule has 1 aromatic rings.